The lowest BCUT2D eigenvalue weighted by molar-refractivity contribution is -0.141. The molecule has 106 valence electrons. The summed E-state index contributed by atoms with van der Waals surface area (Å²) in [6, 6.07) is 9.41. The Balaban J connectivity index is 2.15. The first-order valence-corrected chi connectivity index (χ1v) is 6.88. The van der Waals surface area contributed by atoms with Crippen molar-refractivity contribution in [3.8, 4) is 0 Å². The molecule has 4 nitrogen and oxygen atoms in total. The number of benzene rings is 1. The molecular weight excluding hydrogens is 254 g/mol. The second-order valence-electron chi connectivity index (χ2n) is 5.57. The molecule has 2 rings (SSSR count). The van der Waals surface area contributed by atoms with Crippen molar-refractivity contribution >= 4 is 18.1 Å². The van der Waals surface area contributed by atoms with Crippen molar-refractivity contribution in [2.45, 2.75) is 26.8 Å². The minimum Gasteiger partial charge on any atom is -0.303 e. The Labute approximate surface area is 118 Å². The summed E-state index contributed by atoms with van der Waals surface area (Å²) in [5.74, 6) is -1.22. The van der Waals surface area contributed by atoms with Crippen LogP contribution in [0.2, 0.25) is 0 Å². The number of aldehydes is 1. The van der Waals surface area contributed by atoms with Crippen LogP contribution >= 0.6 is 0 Å². The van der Waals surface area contributed by atoms with Crippen molar-refractivity contribution in [2.75, 3.05) is 0 Å². The SMILES string of the molecule is CC(C)[C@@H](C=O)[C@@H]1CC(=O)N(Cc2ccccc2)C1=O. The van der Waals surface area contributed by atoms with Crippen molar-refractivity contribution in [1.29, 1.82) is 0 Å². The van der Waals surface area contributed by atoms with E-state index in [0.717, 1.165) is 11.8 Å². The third-order valence-corrected chi connectivity index (χ3v) is 3.85. The summed E-state index contributed by atoms with van der Waals surface area (Å²) in [5.41, 5.74) is 0.919. The van der Waals surface area contributed by atoms with Crippen LogP contribution < -0.4 is 0 Å². The van der Waals surface area contributed by atoms with Gasteiger partial charge in [-0.25, -0.2) is 0 Å². The molecule has 1 saturated heterocycles. The normalized spacial score (nSPS) is 20.6. The molecule has 1 aromatic carbocycles. The van der Waals surface area contributed by atoms with Gasteiger partial charge in [0.15, 0.2) is 0 Å². The average molecular weight is 273 g/mol. The molecule has 2 amide bonds. The number of amides is 2. The van der Waals surface area contributed by atoms with Crippen molar-refractivity contribution in [2.24, 2.45) is 17.8 Å². The monoisotopic (exact) mass is 273 g/mol. The third-order valence-electron chi connectivity index (χ3n) is 3.85. The fourth-order valence-corrected chi connectivity index (χ4v) is 2.66. The summed E-state index contributed by atoms with van der Waals surface area (Å²) in [7, 11) is 0. The zero-order chi connectivity index (χ0) is 14.7. The molecule has 4 heteroatoms. The van der Waals surface area contributed by atoms with Gasteiger partial charge >= 0.3 is 0 Å². The highest BCUT2D eigenvalue weighted by Gasteiger charge is 2.43. The summed E-state index contributed by atoms with van der Waals surface area (Å²) in [6.45, 7) is 4.09. The minimum absolute atomic E-state index is 0.0610. The van der Waals surface area contributed by atoms with E-state index in [1.807, 2.05) is 44.2 Å². The summed E-state index contributed by atoms with van der Waals surface area (Å²) in [5, 5.41) is 0. The molecule has 0 saturated carbocycles. The zero-order valence-corrected chi connectivity index (χ0v) is 11.8. The van der Waals surface area contributed by atoms with Crippen molar-refractivity contribution in [3.63, 3.8) is 0 Å². The van der Waals surface area contributed by atoms with Gasteiger partial charge in [0, 0.05) is 12.3 Å². The molecule has 0 bridgehead atoms. The van der Waals surface area contributed by atoms with E-state index in [9.17, 15) is 14.4 Å². The van der Waals surface area contributed by atoms with Crippen molar-refractivity contribution < 1.29 is 14.4 Å². The lowest BCUT2D eigenvalue weighted by Crippen LogP contribution is -2.33. The van der Waals surface area contributed by atoms with Gasteiger partial charge in [0.2, 0.25) is 11.8 Å². The highest BCUT2D eigenvalue weighted by molar-refractivity contribution is 6.04. The third kappa shape index (κ3) is 2.79. The molecule has 1 aromatic rings. The van der Waals surface area contributed by atoms with Crippen LogP contribution in [0.1, 0.15) is 25.8 Å². The summed E-state index contributed by atoms with van der Waals surface area (Å²) in [6.07, 6.45) is 0.958. The Hall–Kier alpha value is -1.97. The molecular formula is C16H19NO3. The van der Waals surface area contributed by atoms with Gasteiger partial charge in [-0.3, -0.25) is 14.5 Å². The van der Waals surface area contributed by atoms with Crippen LogP contribution in [0, 0.1) is 17.8 Å². The maximum Gasteiger partial charge on any atom is 0.233 e. The predicted octanol–water partition coefficient (Wildman–Crippen LogP) is 2.03. The van der Waals surface area contributed by atoms with E-state index < -0.39 is 5.92 Å². The standard InChI is InChI=1S/C16H19NO3/c1-11(2)14(10-18)13-8-15(19)17(16(13)20)9-12-6-4-3-5-7-12/h3-7,10-11,13-14H,8-9H2,1-2H3/t13-,14+/m0/s1. The largest absolute Gasteiger partial charge is 0.303 e. The van der Waals surface area contributed by atoms with Crippen LogP contribution in [-0.4, -0.2) is 23.0 Å². The smallest absolute Gasteiger partial charge is 0.233 e. The zero-order valence-electron chi connectivity index (χ0n) is 11.8. The molecule has 2 atom stereocenters. The first kappa shape index (κ1) is 14.4. The second kappa shape index (κ2) is 5.99. The van der Waals surface area contributed by atoms with Gasteiger partial charge in [-0.1, -0.05) is 44.2 Å². The summed E-state index contributed by atoms with van der Waals surface area (Å²) < 4.78 is 0. The van der Waals surface area contributed by atoms with Crippen LogP contribution in [0.25, 0.3) is 0 Å². The second-order valence-corrected chi connectivity index (χ2v) is 5.57. The molecule has 0 radical (unpaired) electrons. The van der Waals surface area contributed by atoms with Crippen LogP contribution in [0.3, 0.4) is 0 Å². The molecule has 1 aliphatic heterocycles. The number of imide groups is 1. The highest BCUT2D eigenvalue weighted by Crippen LogP contribution is 2.31. The van der Waals surface area contributed by atoms with Gasteiger partial charge < -0.3 is 4.79 Å². The molecule has 0 aromatic heterocycles. The molecule has 0 aliphatic carbocycles. The predicted molar refractivity (Wildman–Crippen MR) is 74.5 cm³/mol. The quantitative estimate of drug-likeness (QED) is 0.609. The molecule has 0 spiro atoms. The highest BCUT2D eigenvalue weighted by atomic mass is 16.2. The number of carbonyl (C=O) groups excluding carboxylic acids is 3. The van der Waals surface area contributed by atoms with Crippen molar-refractivity contribution in [1.82, 2.24) is 4.90 Å². The minimum atomic E-state index is -0.497. The van der Waals surface area contributed by atoms with Gasteiger partial charge in [0.25, 0.3) is 0 Å². The Morgan fingerprint density at radius 2 is 1.90 bits per heavy atom. The molecule has 1 fully saturated rings. The molecule has 20 heavy (non-hydrogen) atoms. The van der Waals surface area contributed by atoms with Crippen LogP contribution in [0.15, 0.2) is 30.3 Å². The van der Waals surface area contributed by atoms with E-state index >= 15 is 0 Å². The maximum atomic E-state index is 12.4. The fourth-order valence-electron chi connectivity index (χ4n) is 2.66. The van der Waals surface area contributed by atoms with E-state index in [4.69, 9.17) is 0 Å². The lowest BCUT2D eigenvalue weighted by Gasteiger charge is -2.20. The first-order valence-electron chi connectivity index (χ1n) is 6.88. The van der Waals surface area contributed by atoms with Crippen LogP contribution in [-0.2, 0) is 20.9 Å². The van der Waals surface area contributed by atoms with E-state index in [1.54, 1.807) is 0 Å². The lowest BCUT2D eigenvalue weighted by atomic mass is 9.83. The van der Waals surface area contributed by atoms with E-state index in [0.29, 0.717) is 6.54 Å². The van der Waals surface area contributed by atoms with E-state index in [-0.39, 0.29) is 30.1 Å². The summed E-state index contributed by atoms with van der Waals surface area (Å²) in [4.78, 5) is 36.8. The molecule has 1 heterocycles. The Kier molecular flexibility index (Phi) is 4.32. The van der Waals surface area contributed by atoms with E-state index in [2.05, 4.69) is 0 Å². The van der Waals surface area contributed by atoms with Gasteiger partial charge in [-0.2, -0.15) is 0 Å². The number of likely N-dealkylation sites (tertiary alicyclic amines) is 1. The van der Waals surface area contributed by atoms with Gasteiger partial charge in [-0.05, 0) is 11.5 Å². The van der Waals surface area contributed by atoms with Crippen molar-refractivity contribution in [3.05, 3.63) is 35.9 Å². The fraction of sp³-hybridized carbons (Fsp3) is 0.438. The van der Waals surface area contributed by atoms with Crippen LogP contribution in [0.5, 0.6) is 0 Å². The number of carbonyl (C=O) groups is 3. The Morgan fingerprint density at radius 3 is 2.45 bits per heavy atom. The van der Waals surface area contributed by atoms with Crippen LogP contribution in [0.4, 0.5) is 0 Å². The number of nitrogens with zero attached hydrogens (tertiary/aromatic N) is 1. The number of hydrogen-bond acceptors (Lipinski definition) is 3. The number of rotatable bonds is 5. The van der Waals surface area contributed by atoms with Gasteiger partial charge in [0.1, 0.15) is 6.29 Å². The summed E-state index contributed by atoms with van der Waals surface area (Å²) >= 11 is 0. The Morgan fingerprint density at radius 1 is 1.25 bits per heavy atom. The van der Waals surface area contributed by atoms with Gasteiger partial charge in [-0.15, -0.1) is 0 Å². The topological polar surface area (TPSA) is 54.5 Å². The van der Waals surface area contributed by atoms with Gasteiger partial charge in [0.05, 0.1) is 12.5 Å². The Bertz CT molecular complexity index is 510. The molecule has 1 aliphatic rings. The maximum absolute atomic E-state index is 12.4. The molecule has 0 unspecified atom stereocenters. The molecule has 0 N–H and O–H groups in total. The first-order chi connectivity index (χ1) is 9.54. The van der Waals surface area contributed by atoms with E-state index in [1.165, 1.54) is 4.90 Å². The average Bonchev–Trinajstić information content (AvgIpc) is 2.69. The number of hydrogen-bond donors (Lipinski definition) is 0.